The van der Waals surface area contributed by atoms with Crippen molar-refractivity contribution in [1.82, 2.24) is 9.78 Å². The number of aromatic nitrogens is 2. The van der Waals surface area contributed by atoms with E-state index in [4.69, 9.17) is 11.5 Å². The summed E-state index contributed by atoms with van der Waals surface area (Å²) in [6.07, 6.45) is 1.67. The van der Waals surface area contributed by atoms with Crippen molar-refractivity contribution in [2.24, 2.45) is 16.5 Å². The van der Waals surface area contributed by atoms with Crippen LogP contribution in [0, 0.1) is 0 Å². The fourth-order valence-electron chi connectivity index (χ4n) is 1.34. The van der Waals surface area contributed by atoms with Crippen molar-refractivity contribution in [1.29, 1.82) is 0 Å². The molecule has 0 spiro atoms. The second-order valence-corrected chi connectivity index (χ2v) is 3.32. The Morgan fingerprint density at radius 3 is 2.53 bits per heavy atom. The Labute approximate surface area is 97.6 Å². The van der Waals surface area contributed by atoms with E-state index in [1.54, 1.807) is 16.9 Å². The van der Waals surface area contributed by atoms with E-state index in [2.05, 4.69) is 10.1 Å². The molecule has 0 radical (unpaired) electrons. The maximum absolute atomic E-state index is 11.5. The average molecular weight is 229 g/mol. The van der Waals surface area contributed by atoms with Gasteiger partial charge in [0.25, 0.3) is 0 Å². The first-order valence-electron chi connectivity index (χ1n) is 4.92. The molecule has 6 heteroatoms. The van der Waals surface area contributed by atoms with Gasteiger partial charge in [-0.15, -0.1) is 0 Å². The Kier molecular flexibility index (Phi) is 2.87. The van der Waals surface area contributed by atoms with E-state index in [9.17, 15) is 4.79 Å². The summed E-state index contributed by atoms with van der Waals surface area (Å²) in [5.74, 6) is -0.830. The van der Waals surface area contributed by atoms with Gasteiger partial charge in [0.1, 0.15) is 0 Å². The van der Waals surface area contributed by atoms with E-state index in [1.165, 1.54) is 0 Å². The molecule has 6 nitrogen and oxygen atoms in total. The van der Waals surface area contributed by atoms with Crippen LogP contribution < -0.4 is 11.5 Å². The van der Waals surface area contributed by atoms with Gasteiger partial charge < -0.3 is 11.5 Å². The second-order valence-electron chi connectivity index (χ2n) is 3.32. The van der Waals surface area contributed by atoms with Gasteiger partial charge in [-0.2, -0.15) is 10.1 Å². The molecule has 0 unspecified atom stereocenters. The molecule has 86 valence electrons. The summed E-state index contributed by atoms with van der Waals surface area (Å²) in [6.45, 7) is 0. The molecule has 2 rings (SSSR count). The third-order valence-electron chi connectivity index (χ3n) is 2.06. The summed E-state index contributed by atoms with van der Waals surface area (Å²) in [5.41, 5.74) is 11.3. The number of rotatable bonds is 2. The van der Waals surface area contributed by atoms with E-state index in [0.29, 0.717) is 0 Å². The molecule has 1 aromatic heterocycles. The standard InChI is InChI=1S/C11H11N5O/c12-11(13)14-10(17)9-6-7-16(15-9)8-4-2-1-3-5-8/h1-7H,(H4,12,13,14,17). The first kappa shape index (κ1) is 10.9. The predicted octanol–water partition coefficient (Wildman–Crippen LogP) is 0.286. The fraction of sp³-hybridized carbons (Fsp3) is 0. The van der Waals surface area contributed by atoms with Gasteiger partial charge in [-0.05, 0) is 18.2 Å². The molecule has 0 fully saturated rings. The maximum atomic E-state index is 11.5. The number of benzene rings is 1. The number of guanidine groups is 1. The molecule has 0 bridgehead atoms. The summed E-state index contributed by atoms with van der Waals surface area (Å²) < 4.78 is 1.58. The van der Waals surface area contributed by atoms with E-state index >= 15 is 0 Å². The van der Waals surface area contributed by atoms with Crippen LogP contribution in [0.15, 0.2) is 47.6 Å². The number of para-hydroxylation sites is 1. The third-order valence-corrected chi connectivity index (χ3v) is 2.06. The highest BCUT2D eigenvalue weighted by Crippen LogP contribution is 2.07. The van der Waals surface area contributed by atoms with Crippen molar-refractivity contribution in [2.45, 2.75) is 0 Å². The summed E-state index contributed by atoms with van der Waals surface area (Å²) in [6, 6.07) is 11.0. The van der Waals surface area contributed by atoms with Crippen LogP contribution in [0.3, 0.4) is 0 Å². The van der Waals surface area contributed by atoms with Gasteiger partial charge >= 0.3 is 5.91 Å². The lowest BCUT2D eigenvalue weighted by Crippen LogP contribution is -2.24. The highest BCUT2D eigenvalue weighted by molar-refractivity contribution is 6.00. The molecule has 0 saturated heterocycles. The summed E-state index contributed by atoms with van der Waals surface area (Å²) in [4.78, 5) is 14.9. The topological polar surface area (TPSA) is 99.3 Å². The zero-order chi connectivity index (χ0) is 12.3. The second kappa shape index (κ2) is 4.48. The van der Waals surface area contributed by atoms with Crippen LogP contribution in [0.2, 0.25) is 0 Å². The Bertz CT molecular complexity index is 554. The van der Waals surface area contributed by atoms with Crippen LogP contribution in [0.5, 0.6) is 0 Å². The summed E-state index contributed by atoms with van der Waals surface area (Å²) in [7, 11) is 0. The quantitative estimate of drug-likeness (QED) is 0.571. The highest BCUT2D eigenvalue weighted by atomic mass is 16.1. The number of carbonyl (C=O) groups is 1. The van der Waals surface area contributed by atoms with Gasteiger partial charge in [0.2, 0.25) is 0 Å². The molecule has 0 saturated carbocycles. The molecule has 0 aliphatic rings. The first-order valence-corrected chi connectivity index (χ1v) is 4.92. The van der Waals surface area contributed by atoms with Crippen molar-refractivity contribution in [3.63, 3.8) is 0 Å². The van der Waals surface area contributed by atoms with Gasteiger partial charge in [0.05, 0.1) is 5.69 Å². The Hall–Kier alpha value is -2.63. The molecular formula is C11H11N5O. The lowest BCUT2D eigenvalue weighted by Gasteiger charge is -1.98. The van der Waals surface area contributed by atoms with Crippen LogP contribution in [0.4, 0.5) is 0 Å². The smallest absolute Gasteiger partial charge is 0.300 e. The normalized spacial score (nSPS) is 9.88. The van der Waals surface area contributed by atoms with Gasteiger partial charge in [-0.25, -0.2) is 4.68 Å². The number of nitrogens with zero attached hydrogens (tertiary/aromatic N) is 3. The minimum atomic E-state index is -0.556. The van der Waals surface area contributed by atoms with Gasteiger partial charge in [-0.3, -0.25) is 4.79 Å². The van der Waals surface area contributed by atoms with E-state index < -0.39 is 5.91 Å². The third kappa shape index (κ3) is 2.49. The van der Waals surface area contributed by atoms with Crippen molar-refractivity contribution in [3.05, 3.63) is 48.3 Å². The molecule has 0 aliphatic heterocycles. The molecule has 0 atom stereocenters. The Morgan fingerprint density at radius 1 is 1.18 bits per heavy atom. The van der Waals surface area contributed by atoms with Gasteiger partial charge in [0, 0.05) is 6.20 Å². The zero-order valence-corrected chi connectivity index (χ0v) is 8.95. The largest absolute Gasteiger partial charge is 0.370 e. The molecule has 1 heterocycles. The van der Waals surface area contributed by atoms with Crippen LogP contribution in [0.25, 0.3) is 5.69 Å². The number of aliphatic imine (C=N–C) groups is 1. The zero-order valence-electron chi connectivity index (χ0n) is 8.95. The van der Waals surface area contributed by atoms with Gasteiger partial charge in [0.15, 0.2) is 11.7 Å². The van der Waals surface area contributed by atoms with Crippen LogP contribution in [0.1, 0.15) is 10.5 Å². The van der Waals surface area contributed by atoms with E-state index in [1.807, 2.05) is 30.3 Å². The molecule has 2 aromatic rings. The van der Waals surface area contributed by atoms with Crippen LogP contribution in [-0.4, -0.2) is 21.6 Å². The van der Waals surface area contributed by atoms with E-state index in [-0.39, 0.29) is 11.7 Å². The molecule has 0 aliphatic carbocycles. The number of hydrogen-bond donors (Lipinski definition) is 2. The molecule has 1 amide bonds. The van der Waals surface area contributed by atoms with E-state index in [0.717, 1.165) is 5.69 Å². The van der Waals surface area contributed by atoms with Crippen molar-refractivity contribution in [2.75, 3.05) is 0 Å². The average Bonchev–Trinajstić information content (AvgIpc) is 2.78. The number of carbonyl (C=O) groups excluding carboxylic acids is 1. The lowest BCUT2D eigenvalue weighted by atomic mass is 10.3. The maximum Gasteiger partial charge on any atom is 0.300 e. The number of nitrogens with two attached hydrogens (primary N) is 2. The minimum absolute atomic E-state index is 0.197. The van der Waals surface area contributed by atoms with Crippen molar-refractivity contribution in [3.8, 4) is 5.69 Å². The predicted molar refractivity (Wildman–Crippen MR) is 63.7 cm³/mol. The van der Waals surface area contributed by atoms with Crippen molar-refractivity contribution < 1.29 is 4.79 Å². The summed E-state index contributed by atoms with van der Waals surface area (Å²) in [5, 5.41) is 4.08. The Balaban J connectivity index is 2.28. The van der Waals surface area contributed by atoms with Crippen molar-refractivity contribution >= 4 is 11.9 Å². The Morgan fingerprint density at radius 2 is 1.88 bits per heavy atom. The number of amides is 1. The molecular weight excluding hydrogens is 218 g/mol. The monoisotopic (exact) mass is 229 g/mol. The SMILES string of the molecule is NC(N)=NC(=O)c1ccn(-c2ccccc2)n1. The molecule has 17 heavy (non-hydrogen) atoms. The van der Waals surface area contributed by atoms with Crippen LogP contribution in [-0.2, 0) is 0 Å². The van der Waals surface area contributed by atoms with Crippen LogP contribution >= 0.6 is 0 Å². The first-order chi connectivity index (χ1) is 8.16. The molecule has 1 aromatic carbocycles. The lowest BCUT2D eigenvalue weighted by molar-refractivity contribution is 0.0997. The summed E-state index contributed by atoms with van der Waals surface area (Å²) >= 11 is 0. The fourth-order valence-corrected chi connectivity index (χ4v) is 1.34. The molecule has 4 N–H and O–H groups in total. The van der Waals surface area contributed by atoms with Gasteiger partial charge in [-0.1, -0.05) is 18.2 Å². The minimum Gasteiger partial charge on any atom is -0.370 e. The number of hydrogen-bond acceptors (Lipinski definition) is 2. The highest BCUT2D eigenvalue weighted by Gasteiger charge is 2.09.